The molecule has 0 amide bonds. The Morgan fingerprint density at radius 3 is 2.54 bits per heavy atom. The normalized spacial score (nSPS) is 10.3. The lowest BCUT2D eigenvalue weighted by molar-refractivity contribution is 0.860. The Labute approximate surface area is 81.0 Å². The summed E-state index contributed by atoms with van der Waals surface area (Å²) in [5.74, 6) is 0. The lowest BCUT2D eigenvalue weighted by atomic mass is 10.4. The maximum absolute atomic E-state index is 5.88. The number of aromatic nitrogens is 3. The van der Waals surface area contributed by atoms with E-state index in [2.05, 4.69) is 10.1 Å². The SMILES string of the molecule is Cc1nn(-c2ccncc2)cc1Cl. The van der Waals surface area contributed by atoms with E-state index in [4.69, 9.17) is 11.6 Å². The minimum absolute atomic E-state index is 0.678. The van der Waals surface area contributed by atoms with E-state index < -0.39 is 0 Å². The van der Waals surface area contributed by atoms with Crippen LogP contribution in [0, 0.1) is 6.92 Å². The summed E-state index contributed by atoms with van der Waals surface area (Å²) < 4.78 is 1.74. The van der Waals surface area contributed by atoms with Crippen molar-refractivity contribution in [3.8, 4) is 5.69 Å². The van der Waals surface area contributed by atoms with Crippen LogP contribution in [0.4, 0.5) is 0 Å². The summed E-state index contributed by atoms with van der Waals surface area (Å²) in [6, 6.07) is 3.76. The van der Waals surface area contributed by atoms with E-state index in [0.717, 1.165) is 11.4 Å². The molecule has 0 aliphatic carbocycles. The molecule has 0 N–H and O–H groups in total. The molecule has 0 unspecified atom stereocenters. The molecular weight excluding hydrogens is 186 g/mol. The molecule has 0 aliphatic heterocycles. The van der Waals surface area contributed by atoms with Crippen molar-refractivity contribution < 1.29 is 0 Å². The first-order valence-electron chi connectivity index (χ1n) is 3.89. The van der Waals surface area contributed by atoms with Crippen molar-refractivity contribution in [1.82, 2.24) is 14.8 Å². The van der Waals surface area contributed by atoms with Crippen molar-refractivity contribution in [3.05, 3.63) is 41.4 Å². The van der Waals surface area contributed by atoms with Gasteiger partial charge in [-0.05, 0) is 19.1 Å². The second kappa shape index (κ2) is 3.18. The molecule has 0 bridgehead atoms. The molecule has 2 aromatic rings. The summed E-state index contributed by atoms with van der Waals surface area (Å²) in [6.07, 6.45) is 5.23. The highest BCUT2D eigenvalue weighted by Gasteiger charge is 2.02. The predicted molar refractivity (Wildman–Crippen MR) is 51.1 cm³/mol. The van der Waals surface area contributed by atoms with Gasteiger partial charge in [0.1, 0.15) is 0 Å². The van der Waals surface area contributed by atoms with Gasteiger partial charge in [0.2, 0.25) is 0 Å². The molecule has 0 saturated carbocycles. The molecule has 0 spiro atoms. The lowest BCUT2D eigenvalue weighted by Gasteiger charge is -1.97. The van der Waals surface area contributed by atoms with Crippen LogP contribution in [0.2, 0.25) is 5.02 Å². The maximum atomic E-state index is 5.88. The fourth-order valence-corrected chi connectivity index (χ4v) is 1.20. The van der Waals surface area contributed by atoms with Crippen LogP contribution in [0.15, 0.2) is 30.7 Å². The Morgan fingerprint density at radius 2 is 2.00 bits per heavy atom. The van der Waals surface area contributed by atoms with Crippen LogP contribution in [0.1, 0.15) is 5.69 Å². The second-order valence-corrected chi connectivity index (χ2v) is 3.12. The second-order valence-electron chi connectivity index (χ2n) is 2.71. The zero-order valence-electron chi connectivity index (χ0n) is 7.11. The Bertz CT molecular complexity index is 389. The molecule has 0 saturated heterocycles. The third-order valence-corrected chi connectivity index (χ3v) is 2.14. The van der Waals surface area contributed by atoms with Crippen LogP contribution < -0.4 is 0 Å². The standard InChI is InChI=1S/C9H8ClN3/c1-7-9(10)6-13(12-7)8-2-4-11-5-3-8/h2-6H,1H3. The third-order valence-electron chi connectivity index (χ3n) is 1.77. The van der Waals surface area contributed by atoms with Crippen molar-refractivity contribution in [2.24, 2.45) is 0 Å². The number of halogens is 1. The molecule has 0 radical (unpaired) electrons. The van der Waals surface area contributed by atoms with Crippen molar-refractivity contribution >= 4 is 11.6 Å². The van der Waals surface area contributed by atoms with Gasteiger partial charge in [-0.1, -0.05) is 11.6 Å². The van der Waals surface area contributed by atoms with Crippen molar-refractivity contribution in [2.75, 3.05) is 0 Å². The first kappa shape index (κ1) is 8.26. The Balaban J connectivity index is 2.48. The summed E-state index contributed by atoms with van der Waals surface area (Å²) in [6.45, 7) is 1.88. The van der Waals surface area contributed by atoms with Crippen LogP contribution in [0.5, 0.6) is 0 Å². The van der Waals surface area contributed by atoms with E-state index in [0.29, 0.717) is 5.02 Å². The molecule has 2 aromatic heterocycles. The van der Waals surface area contributed by atoms with Crippen LogP contribution in [0.25, 0.3) is 5.69 Å². The van der Waals surface area contributed by atoms with Crippen LogP contribution >= 0.6 is 11.6 Å². The highest BCUT2D eigenvalue weighted by molar-refractivity contribution is 6.31. The minimum Gasteiger partial charge on any atom is -0.265 e. The third kappa shape index (κ3) is 1.55. The van der Waals surface area contributed by atoms with E-state index in [9.17, 15) is 0 Å². The van der Waals surface area contributed by atoms with Crippen molar-refractivity contribution in [2.45, 2.75) is 6.92 Å². The first-order valence-corrected chi connectivity index (χ1v) is 4.27. The molecule has 0 fully saturated rings. The molecule has 0 atom stereocenters. The fourth-order valence-electron chi connectivity index (χ4n) is 1.07. The van der Waals surface area contributed by atoms with Gasteiger partial charge in [0.05, 0.1) is 16.4 Å². The number of aryl methyl sites for hydroxylation is 1. The molecule has 3 nitrogen and oxygen atoms in total. The maximum Gasteiger partial charge on any atom is 0.0819 e. The van der Waals surface area contributed by atoms with Crippen LogP contribution in [-0.4, -0.2) is 14.8 Å². The summed E-state index contributed by atoms with van der Waals surface area (Å²) in [5, 5.41) is 4.92. The average molecular weight is 194 g/mol. The predicted octanol–water partition coefficient (Wildman–Crippen LogP) is 2.23. The average Bonchev–Trinajstić information content (AvgIpc) is 2.49. The first-order chi connectivity index (χ1) is 6.27. The quantitative estimate of drug-likeness (QED) is 0.696. The number of hydrogen-bond acceptors (Lipinski definition) is 2. The monoisotopic (exact) mass is 193 g/mol. The molecule has 13 heavy (non-hydrogen) atoms. The Hall–Kier alpha value is -1.35. The van der Waals surface area contributed by atoms with E-state index in [1.54, 1.807) is 23.3 Å². The van der Waals surface area contributed by atoms with Gasteiger partial charge < -0.3 is 0 Å². The zero-order valence-corrected chi connectivity index (χ0v) is 7.86. The van der Waals surface area contributed by atoms with Crippen LogP contribution in [-0.2, 0) is 0 Å². The van der Waals surface area contributed by atoms with Crippen molar-refractivity contribution in [3.63, 3.8) is 0 Å². The number of rotatable bonds is 1. The summed E-state index contributed by atoms with van der Waals surface area (Å²) in [4.78, 5) is 3.93. The minimum atomic E-state index is 0.678. The van der Waals surface area contributed by atoms with Gasteiger partial charge >= 0.3 is 0 Å². The molecule has 0 aromatic carbocycles. The Kier molecular flexibility index (Phi) is 2.02. The summed E-state index contributed by atoms with van der Waals surface area (Å²) in [5.41, 5.74) is 1.79. The topological polar surface area (TPSA) is 30.7 Å². The molecular formula is C9H8ClN3. The van der Waals surface area contributed by atoms with E-state index in [1.807, 2.05) is 19.1 Å². The largest absolute Gasteiger partial charge is 0.265 e. The molecule has 2 heterocycles. The number of pyridine rings is 1. The van der Waals surface area contributed by atoms with Gasteiger partial charge in [-0.15, -0.1) is 0 Å². The fraction of sp³-hybridized carbons (Fsp3) is 0.111. The van der Waals surface area contributed by atoms with Gasteiger partial charge in [0, 0.05) is 18.6 Å². The van der Waals surface area contributed by atoms with Gasteiger partial charge in [0.25, 0.3) is 0 Å². The highest BCUT2D eigenvalue weighted by Crippen LogP contribution is 2.15. The highest BCUT2D eigenvalue weighted by atomic mass is 35.5. The van der Waals surface area contributed by atoms with Gasteiger partial charge in [0.15, 0.2) is 0 Å². The van der Waals surface area contributed by atoms with Crippen molar-refractivity contribution in [1.29, 1.82) is 0 Å². The molecule has 66 valence electrons. The summed E-state index contributed by atoms with van der Waals surface area (Å²) in [7, 11) is 0. The molecule has 4 heteroatoms. The van der Waals surface area contributed by atoms with Crippen LogP contribution in [0.3, 0.4) is 0 Å². The molecule has 0 aliphatic rings. The number of hydrogen-bond donors (Lipinski definition) is 0. The zero-order chi connectivity index (χ0) is 9.26. The lowest BCUT2D eigenvalue weighted by Crippen LogP contribution is -1.94. The smallest absolute Gasteiger partial charge is 0.0819 e. The Morgan fingerprint density at radius 1 is 1.31 bits per heavy atom. The summed E-state index contributed by atoms with van der Waals surface area (Å²) >= 11 is 5.88. The van der Waals surface area contributed by atoms with E-state index in [1.165, 1.54) is 0 Å². The number of nitrogens with zero attached hydrogens (tertiary/aromatic N) is 3. The van der Waals surface area contributed by atoms with Gasteiger partial charge in [-0.3, -0.25) is 4.98 Å². The van der Waals surface area contributed by atoms with Gasteiger partial charge in [-0.2, -0.15) is 5.10 Å². The molecule has 2 rings (SSSR count). The van der Waals surface area contributed by atoms with Gasteiger partial charge in [-0.25, -0.2) is 4.68 Å². The van der Waals surface area contributed by atoms with E-state index in [-0.39, 0.29) is 0 Å². The van der Waals surface area contributed by atoms with E-state index >= 15 is 0 Å².